The molecule has 0 saturated heterocycles. The van der Waals surface area contributed by atoms with E-state index in [1.54, 1.807) is 0 Å². The zero-order chi connectivity index (χ0) is 39.3. The molecule has 278 valence electrons. The fourth-order valence-electron chi connectivity index (χ4n) is 8.59. The molecule has 6 aromatic carbocycles. The molecule has 0 bridgehead atoms. The molecule has 5 heteroatoms. The maximum absolute atomic E-state index is 5.38. The molecule has 0 spiro atoms. The number of fused-ring (bicyclic) bond motifs is 7. The lowest BCUT2D eigenvalue weighted by Crippen LogP contribution is -2.06. The largest absolute Gasteiger partial charge is 0.309 e. The number of hydrogen-bond donors (Lipinski definition) is 0. The molecule has 0 N–H and O–H groups in total. The smallest absolute Gasteiger partial charge is 0.235 e. The van der Waals surface area contributed by atoms with E-state index in [1.165, 1.54) is 27.4 Å². The third kappa shape index (κ3) is 5.99. The summed E-state index contributed by atoms with van der Waals surface area (Å²) in [5.41, 5.74) is 14.8. The van der Waals surface area contributed by atoms with Gasteiger partial charge in [-0.05, 0) is 89.4 Å². The molecule has 0 radical (unpaired) electrons. The highest BCUT2D eigenvalue weighted by atomic mass is 15.2. The van der Waals surface area contributed by atoms with E-state index in [2.05, 4.69) is 191 Å². The van der Waals surface area contributed by atoms with Crippen molar-refractivity contribution in [3.63, 3.8) is 0 Å². The molecule has 0 atom stereocenters. The summed E-state index contributed by atoms with van der Waals surface area (Å²) in [7, 11) is 0. The van der Waals surface area contributed by atoms with Gasteiger partial charge in [-0.3, -0.25) is 9.55 Å². The van der Waals surface area contributed by atoms with Crippen molar-refractivity contribution in [2.24, 2.45) is 0 Å². The number of para-hydroxylation sites is 4. The predicted molar refractivity (Wildman–Crippen MR) is 245 cm³/mol. The van der Waals surface area contributed by atoms with Gasteiger partial charge >= 0.3 is 0 Å². The van der Waals surface area contributed by atoms with Crippen LogP contribution in [0.1, 0.15) is 16.8 Å². The minimum Gasteiger partial charge on any atom is -0.309 e. The third-order valence-corrected chi connectivity index (χ3v) is 11.4. The first-order valence-electron chi connectivity index (χ1n) is 19.9. The summed E-state index contributed by atoms with van der Waals surface area (Å²) in [5, 5.41) is 4.62. The van der Waals surface area contributed by atoms with Crippen LogP contribution >= 0.6 is 0 Å². The number of pyridine rings is 1. The minimum absolute atomic E-state index is 0.622. The zero-order valence-corrected chi connectivity index (χ0v) is 32.2. The molecule has 1 aliphatic rings. The van der Waals surface area contributed by atoms with Gasteiger partial charge in [0, 0.05) is 44.6 Å². The Labute approximate surface area is 341 Å². The van der Waals surface area contributed by atoms with Gasteiger partial charge in [0.2, 0.25) is 5.95 Å². The lowest BCUT2D eigenvalue weighted by atomic mass is 9.97. The Morgan fingerprint density at radius 3 is 1.97 bits per heavy atom. The number of aromatic nitrogens is 5. The SMILES string of the molecule is C=C1/C=C\C(c2ccc3c(c2)c2ccccc2n3-c2ccccc2)=C/Cc2c(n(-c3nc(-c4ccc(-c5ccccn5)cc4)c4ccccc4n3)c3ccccc23)/C=C\1. The Morgan fingerprint density at radius 1 is 0.492 bits per heavy atom. The van der Waals surface area contributed by atoms with Crippen LogP contribution in [0.5, 0.6) is 0 Å². The van der Waals surface area contributed by atoms with Gasteiger partial charge in [0.25, 0.3) is 0 Å². The quantitative estimate of drug-likeness (QED) is 0.176. The first-order chi connectivity index (χ1) is 29.2. The maximum atomic E-state index is 5.38. The summed E-state index contributed by atoms with van der Waals surface area (Å²) >= 11 is 0. The Bertz CT molecular complexity index is 3350. The molecule has 5 nitrogen and oxygen atoms in total. The normalized spacial score (nSPS) is 15.0. The van der Waals surface area contributed by atoms with E-state index in [9.17, 15) is 0 Å². The highest BCUT2D eigenvalue weighted by Gasteiger charge is 2.21. The standard InChI is InChI=1S/C54H37N5/c1-36-22-24-37(40-30-33-52-46(35-40)43-16-7-9-20-49(43)58(52)41-13-3-2-4-14-41)29-31-44-42-15-6-10-21-50(42)59(51(44)32-23-36)54-56-48-19-8-5-17-45(48)53(57-54)39-27-25-38(26-28-39)47-18-11-12-34-55-47/h2-30,32-35H,1,31H2/b24-22-,32-23-,37-29+. The first-order valence-corrected chi connectivity index (χ1v) is 19.9. The molecule has 0 aliphatic heterocycles. The lowest BCUT2D eigenvalue weighted by molar-refractivity contribution is 0.965. The van der Waals surface area contributed by atoms with Gasteiger partial charge in [-0.15, -0.1) is 0 Å². The zero-order valence-electron chi connectivity index (χ0n) is 32.2. The molecule has 4 aromatic heterocycles. The van der Waals surface area contributed by atoms with Crippen LogP contribution in [-0.4, -0.2) is 24.1 Å². The molecule has 4 heterocycles. The van der Waals surface area contributed by atoms with Crippen LogP contribution in [0.25, 0.3) is 89.4 Å². The van der Waals surface area contributed by atoms with Crippen molar-refractivity contribution in [1.29, 1.82) is 0 Å². The van der Waals surface area contributed by atoms with E-state index in [-0.39, 0.29) is 0 Å². The molecule has 11 rings (SSSR count). The molecule has 0 amide bonds. The van der Waals surface area contributed by atoms with E-state index in [4.69, 9.17) is 9.97 Å². The van der Waals surface area contributed by atoms with Crippen molar-refractivity contribution in [1.82, 2.24) is 24.1 Å². The van der Waals surface area contributed by atoms with Crippen molar-refractivity contribution in [3.05, 3.63) is 223 Å². The predicted octanol–water partition coefficient (Wildman–Crippen LogP) is 13.2. The summed E-state index contributed by atoms with van der Waals surface area (Å²) in [6, 6.07) is 57.5. The third-order valence-electron chi connectivity index (χ3n) is 11.4. The van der Waals surface area contributed by atoms with Crippen molar-refractivity contribution < 1.29 is 0 Å². The van der Waals surface area contributed by atoms with Crippen LogP contribution in [-0.2, 0) is 6.42 Å². The van der Waals surface area contributed by atoms with E-state index >= 15 is 0 Å². The lowest BCUT2D eigenvalue weighted by Gasteiger charge is -2.13. The van der Waals surface area contributed by atoms with Crippen molar-refractivity contribution in [2.45, 2.75) is 6.42 Å². The maximum Gasteiger partial charge on any atom is 0.235 e. The van der Waals surface area contributed by atoms with Crippen LogP contribution in [0.15, 0.2) is 206 Å². The number of allylic oxidation sites excluding steroid dienone is 6. The minimum atomic E-state index is 0.622. The molecule has 0 fully saturated rings. The summed E-state index contributed by atoms with van der Waals surface area (Å²) in [6.07, 6.45) is 13.5. The van der Waals surface area contributed by atoms with Gasteiger partial charge in [-0.2, -0.15) is 0 Å². The second kappa shape index (κ2) is 14.2. The average Bonchev–Trinajstić information content (AvgIpc) is 3.80. The van der Waals surface area contributed by atoms with E-state index in [0.29, 0.717) is 12.4 Å². The van der Waals surface area contributed by atoms with Crippen molar-refractivity contribution in [3.8, 4) is 34.2 Å². The fraction of sp³-hybridized carbons (Fsp3) is 0.0185. The number of benzene rings is 6. The number of hydrogen-bond acceptors (Lipinski definition) is 3. The van der Waals surface area contributed by atoms with E-state index in [0.717, 1.165) is 72.4 Å². The van der Waals surface area contributed by atoms with Gasteiger partial charge in [-0.1, -0.05) is 140 Å². The van der Waals surface area contributed by atoms with Crippen LogP contribution in [0, 0.1) is 0 Å². The summed E-state index contributed by atoms with van der Waals surface area (Å²) in [5.74, 6) is 0.622. The van der Waals surface area contributed by atoms with Gasteiger partial charge < -0.3 is 4.57 Å². The molecule has 1 aliphatic carbocycles. The Balaban J connectivity index is 1.06. The Hall–Kier alpha value is -7.89. The highest BCUT2D eigenvalue weighted by molar-refractivity contribution is 6.10. The second-order valence-corrected chi connectivity index (χ2v) is 14.9. The molecule has 10 aromatic rings. The monoisotopic (exact) mass is 755 g/mol. The molecule has 59 heavy (non-hydrogen) atoms. The average molecular weight is 756 g/mol. The molecular formula is C54H37N5. The number of nitrogens with zero attached hydrogens (tertiary/aromatic N) is 5. The van der Waals surface area contributed by atoms with Gasteiger partial charge in [0.1, 0.15) is 0 Å². The van der Waals surface area contributed by atoms with E-state index in [1.807, 2.05) is 30.5 Å². The summed E-state index contributed by atoms with van der Waals surface area (Å²) in [6.45, 7) is 4.45. The van der Waals surface area contributed by atoms with Crippen molar-refractivity contribution >= 4 is 55.3 Å². The Kier molecular flexibility index (Phi) is 8.30. The topological polar surface area (TPSA) is 48.5 Å². The van der Waals surface area contributed by atoms with Gasteiger partial charge in [0.05, 0.1) is 39.1 Å². The molecule has 0 saturated carbocycles. The summed E-state index contributed by atoms with van der Waals surface area (Å²) in [4.78, 5) is 15.2. The van der Waals surface area contributed by atoms with Gasteiger partial charge in [0.15, 0.2) is 0 Å². The van der Waals surface area contributed by atoms with Crippen LogP contribution < -0.4 is 0 Å². The van der Waals surface area contributed by atoms with Crippen LogP contribution in [0.2, 0.25) is 0 Å². The van der Waals surface area contributed by atoms with Crippen LogP contribution in [0.4, 0.5) is 0 Å². The first kappa shape index (κ1) is 34.4. The molecular weight excluding hydrogens is 719 g/mol. The molecule has 0 unspecified atom stereocenters. The van der Waals surface area contributed by atoms with Crippen molar-refractivity contribution in [2.75, 3.05) is 0 Å². The summed E-state index contributed by atoms with van der Waals surface area (Å²) < 4.78 is 4.58. The highest BCUT2D eigenvalue weighted by Crippen LogP contribution is 2.37. The van der Waals surface area contributed by atoms with Crippen LogP contribution in [0.3, 0.4) is 0 Å². The Morgan fingerprint density at radius 2 is 1.15 bits per heavy atom. The fourth-order valence-corrected chi connectivity index (χ4v) is 8.59. The number of rotatable bonds is 5. The second-order valence-electron chi connectivity index (χ2n) is 14.9. The van der Waals surface area contributed by atoms with E-state index < -0.39 is 0 Å². The van der Waals surface area contributed by atoms with Gasteiger partial charge in [-0.25, -0.2) is 9.97 Å².